The molecule has 1 heterocycles. The second-order valence-electron chi connectivity index (χ2n) is 8.21. The molecule has 182 valence electrons. The standard InChI is InChI=1S/C29H33N3O3/c1-4-30-17-16-20-12-14-22(15-13-20)31-28(21-10-8-7-9-11-21)27-23-18-25(34-5-2)26(35-6-3)19-24(23)32-29(27)33/h7-15,18-19,30-31H,4-6,16-17H2,1-3H3,(H,32,33)/b28-27-. The van der Waals surface area contributed by atoms with Gasteiger partial charge in [0.15, 0.2) is 11.5 Å². The number of hydrogen-bond donors (Lipinski definition) is 3. The van der Waals surface area contributed by atoms with Crippen molar-refractivity contribution in [2.24, 2.45) is 0 Å². The first-order valence-electron chi connectivity index (χ1n) is 12.3. The monoisotopic (exact) mass is 471 g/mol. The van der Waals surface area contributed by atoms with Gasteiger partial charge in [0.25, 0.3) is 5.91 Å². The lowest BCUT2D eigenvalue weighted by Gasteiger charge is -2.16. The van der Waals surface area contributed by atoms with Crippen LogP contribution in [0.2, 0.25) is 0 Å². The van der Waals surface area contributed by atoms with Gasteiger partial charge in [-0.05, 0) is 62.7 Å². The Kier molecular flexibility index (Phi) is 8.06. The molecule has 0 aromatic heterocycles. The molecule has 1 aliphatic heterocycles. The van der Waals surface area contributed by atoms with Crippen molar-refractivity contribution in [2.45, 2.75) is 27.2 Å². The molecule has 0 aliphatic carbocycles. The third-order valence-electron chi connectivity index (χ3n) is 5.80. The van der Waals surface area contributed by atoms with Crippen molar-refractivity contribution in [3.05, 3.63) is 83.4 Å². The number of anilines is 2. The number of amides is 1. The zero-order chi connectivity index (χ0) is 24.6. The van der Waals surface area contributed by atoms with Crippen molar-refractivity contribution in [3.8, 4) is 11.5 Å². The van der Waals surface area contributed by atoms with Crippen LogP contribution in [-0.4, -0.2) is 32.2 Å². The van der Waals surface area contributed by atoms with E-state index in [1.807, 2.05) is 56.3 Å². The largest absolute Gasteiger partial charge is 0.490 e. The molecule has 6 heteroatoms. The lowest BCUT2D eigenvalue weighted by Crippen LogP contribution is -2.16. The lowest BCUT2D eigenvalue weighted by molar-refractivity contribution is -0.110. The maximum absolute atomic E-state index is 13.3. The van der Waals surface area contributed by atoms with E-state index in [2.05, 4.69) is 47.1 Å². The fraction of sp³-hybridized carbons (Fsp3) is 0.276. The maximum Gasteiger partial charge on any atom is 0.258 e. The minimum atomic E-state index is -0.162. The van der Waals surface area contributed by atoms with E-state index in [0.29, 0.717) is 36.0 Å². The first kappa shape index (κ1) is 24.4. The Balaban J connectivity index is 1.76. The average Bonchev–Trinajstić information content (AvgIpc) is 3.19. The Hall–Kier alpha value is -3.77. The Morgan fingerprint density at radius 2 is 1.57 bits per heavy atom. The molecule has 3 N–H and O–H groups in total. The highest BCUT2D eigenvalue weighted by Crippen LogP contribution is 2.43. The van der Waals surface area contributed by atoms with Gasteiger partial charge in [-0.1, -0.05) is 49.4 Å². The molecule has 4 rings (SSSR count). The highest BCUT2D eigenvalue weighted by molar-refractivity contribution is 6.37. The molecule has 0 bridgehead atoms. The molecule has 0 fully saturated rings. The smallest absolute Gasteiger partial charge is 0.258 e. The van der Waals surface area contributed by atoms with Gasteiger partial charge < -0.3 is 25.4 Å². The molecule has 0 spiro atoms. The maximum atomic E-state index is 13.3. The molecule has 0 radical (unpaired) electrons. The molecule has 0 saturated carbocycles. The Morgan fingerprint density at radius 3 is 2.23 bits per heavy atom. The third-order valence-corrected chi connectivity index (χ3v) is 5.80. The molecule has 3 aromatic rings. The quantitative estimate of drug-likeness (QED) is 0.252. The fourth-order valence-electron chi connectivity index (χ4n) is 4.15. The summed E-state index contributed by atoms with van der Waals surface area (Å²) in [5.74, 6) is 1.08. The van der Waals surface area contributed by atoms with Gasteiger partial charge in [0.2, 0.25) is 0 Å². The van der Waals surface area contributed by atoms with Gasteiger partial charge in [0.05, 0.1) is 30.2 Å². The summed E-state index contributed by atoms with van der Waals surface area (Å²) >= 11 is 0. The number of hydrogen-bond acceptors (Lipinski definition) is 5. The molecule has 0 saturated heterocycles. The van der Waals surface area contributed by atoms with Crippen molar-refractivity contribution in [3.63, 3.8) is 0 Å². The molecular weight excluding hydrogens is 438 g/mol. The van der Waals surface area contributed by atoms with Crippen LogP contribution in [0, 0.1) is 0 Å². The van der Waals surface area contributed by atoms with Crippen LogP contribution in [0.5, 0.6) is 11.5 Å². The summed E-state index contributed by atoms with van der Waals surface area (Å²) in [6, 6.07) is 22.0. The molecule has 3 aromatic carbocycles. The lowest BCUT2D eigenvalue weighted by atomic mass is 9.99. The highest BCUT2D eigenvalue weighted by Gasteiger charge is 2.30. The Bertz CT molecular complexity index is 1190. The second-order valence-corrected chi connectivity index (χ2v) is 8.21. The number of fused-ring (bicyclic) bond motifs is 1. The van der Waals surface area contributed by atoms with Gasteiger partial charge in [0, 0.05) is 17.3 Å². The summed E-state index contributed by atoms with van der Waals surface area (Å²) in [6.45, 7) is 8.90. The van der Waals surface area contributed by atoms with Crippen LogP contribution in [0.3, 0.4) is 0 Å². The van der Waals surface area contributed by atoms with E-state index in [-0.39, 0.29) is 5.91 Å². The fourth-order valence-corrected chi connectivity index (χ4v) is 4.15. The van der Waals surface area contributed by atoms with Crippen molar-refractivity contribution in [1.29, 1.82) is 0 Å². The Labute approximate surface area is 207 Å². The summed E-state index contributed by atoms with van der Waals surface area (Å²) in [5, 5.41) is 9.89. The van der Waals surface area contributed by atoms with Gasteiger partial charge in [-0.3, -0.25) is 4.79 Å². The van der Waals surface area contributed by atoms with E-state index in [4.69, 9.17) is 9.47 Å². The van der Waals surface area contributed by atoms with Crippen LogP contribution >= 0.6 is 0 Å². The zero-order valence-corrected chi connectivity index (χ0v) is 20.6. The van der Waals surface area contributed by atoms with Crippen molar-refractivity contribution >= 4 is 28.6 Å². The van der Waals surface area contributed by atoms with E-state index < -0.39 is 0 Å². The van der Waals surface area contributed by atoms with Gasteiger partial charge in [-0.15, -0.1) is 0 Å². The van der Waals surface area contributed by atoms with Gasteiger partial charge >= 0.3 is 0 Å². The topological polar surface area (TPSA) is 71.6 Å². The predicted molar refractivity (Wildman–Crippen MR) is 143 cm³/mol. The normalized spacial score (nSPS) is 13.7. The zero-order valence-electron chi connectivity index (χ0n) is 20.6. The summed E-state index contributed by atoms with van der Waals surface area (Å²) in [5.41, 5.74) is 5.93. The number of benzene rings is 3. The first-order chi connectivity index (χ1) is 17.1. The van der Waals surface area contributed by atoms with E-state index in [0.717, 1.165) is 42.0 Å². The van der Waals surface area contributed by atoms with Crippen LogP contribution in [0.1, 0.15) is 37.5 Å². The van der Waals surface area contributed by atoms with E-state index >= 15 is 0 Å². The highest BCUT2D eigenvalue weighted by atomic mass is 16.5. The van der Waals surface area contributed by atoms with Crippen molar-refractivity contribution < 1.29 is 14.3 Å². The molecule has 0 atom stereocenters. The molecule has 1 amide bonds. The van der Waals surface area contributed by atoms with Crippen LogP contribution in [-0.2, 0) is 11.2 Å². The summed E-state index contributed by atoms with van der Waals surface area (Å²) in [7, 11) is 0. The van der Waals surface area contributed by atoms with Crippen LogP contribution < -0.4 is 25.4 Å². The average molecular weight is 472 g/mol. The minimum absolute atomic E-state index is 0.162. The van der Waals surface area contributed by atoms with Crippen molar-refractivity contribution in [2.75, 3.05) is 36.9 Å². The molecular formula is C29H33N3O3. The molecule has 35 heavy (non-hydrogen) atoms. The predicted octanol–water partition coefficient (Wildman–Crippen LogP) is 5.57. The van der Waals surface area contributed by atoms with E-state index in [1.54, 1.807) is 0 Å². The number of rotatable bonds is 11. The molecule has 0 unspecified atom stereocenters. The minimum Gasteiger partial charge on any atom is -0.490 e. The number of nitrogens with one attached hydrogen (secondary N) is 3. The summed E-state index contributed by atoms with van der Waals surface area (Å²) in [6.07, 6.45) is 0.971. The number of likely N-dealkylation sites (N-methyl/N-ethyl adjacent to an activating group) is 1. The first-order valence-corrected chi connectivity index (χ1v) is 12.3. The van der Waals surface area contributed by atoms with Crippen molar-refractivity contribution in [1.82, 2.24) is 5.32 Å². The second kappa shape index (κ2) is 11.6. The number of carbonyl (C=O) groups excluding carboxylic acids is 1. The van der Waals surface area contributed by atoms with Gasteiger partial charge in [0.1, 0.15) is 0 Å². The van der Waals surface area contributed by atoms with E-state index in [9.17, 15) is 4.79 Å². The third kappa shape index (κ3) is 5.66. The van der Waals surface area contributed by atoms with Gasteiger partial charge in [-0.2, -0.15) is 0 Å². The SMILES string of the molecule is CCNCCc1ccc(N/C(=C2\C(=O)Nc3cc(OCC)c(OCC)cc32)c2ccccc2)cc1. The number of carbonyl (C=O) groups is 1. The summed E-state index contributed by atoms with van der Waals surface area (Å²) < 4.78 is 11.6. The Morgan fingerprint density at radius 1 is 0.886 bits per heavy atom. The van der Waals surface area contributed by atoms with Crippen LogP contribution in [0.4, 0.5) is 11.4 Å². The summed E-state index contributed by atoms with van der Waals surface area (Å²) in [4.78, 5) is 13.3. The molecule has 1 aliphatic rings. The number of ether oxygens (including phenoxy) is 2. The van der Waals surface area contributed by atoms with E-state index in [1.165, 1.54) is 5.56 Å². The van der Waals surface area contributed by atoms with Gasteiger partial charge in [-0.25, -0.2) is 0 Å². The van der Waals surface area contributed by atoms with Crippen LogP contribution in [0.25, 0.3) is 11.3 Å². The van der Waals surface area contributed by atoms with Crippen LogP contribution in [0.15, 0.2) is 66.7 Å². The molecule has 6 nitrogen and oxygen atoms in total.